The molecule has 2 N–H and O–H groups in total. The maximum Gasteiger partial charge on any atom is 0.251 e. The van der Waals surface area contributed by atoms with Gasteiger partial charge in [0.2, 0.25) is 0 Å². The van der Waals surface area contributed by atoms with Gasteiger partial charge in [-0.1, -0.05) is 13.8 Å². The second-order valence-electron chi connectivity index (χ2n) is 4.69. The summed E-state index contributed by atoms with van der Waals surface area (Å²) in [6.07, 6.45) is 0. The molecule has 4 heteroatoms. The Morgan fingerprint density at radius 1 is 1.41 bits per heavy atom. The van der Waals surface area contributed by atoms with Gasteiger partial charge in [-0.05, 0) is 24.3 Å². The van der Waals surface area contributed by atoms with Crippen LogP contribution in [-0.4, -0.2) is 24.2 Å². The van der Waals surface area contributed by atoms with Crippen molar-refractivity contribution in [2.45, 2.75) is 13.8 Å². The third-order valence-corrected chi connectivity index (χ3v) is 2.43. The van der Waals surface area contributed by atoms with Gasteiger partial charge >= 0.3 is 0 Å². The molecular weight excluding hydrogens is 216 g/mol. The van der Waals surface area contributed by atoms with Crippen molar-refractivity contribution in [3.63, 3.8) is 0 Å². The molecule has 0 aliphatic rings. The Morgan fingerprint density at radius 3 is 2.47 bits per heavy atom. The van der Waals surface area contributed by atoms with E-state index in [0.29, 0.717) is 17.7 Å². The molecule has 90 valence electrons. The van der Waals surface area contributed by atoms with Gasteiger partial charge in [0.1, 0.15) is 0 Å². The van der Waals surface area contributed by atoms with Crippen LogP contribution in [0, 0.1) is 16.7 Å². The zero-order valence-electron chi connectivity index (χ0n) is 10.0. The Morgan fingerprint density at radius 2 is 2.00 bits per heavy atom. The highest BCUT2D eigenvalue weighted by molar-refractivity contribution is 5.94. The number of nitriles is 1. The fraction of sp³-hybridized carbons (Fsp3) is 0.385. The predicted molar refractivity (Wildman–Crippen MR) is 64.4 cm³/mol. The lowest BCUT2D eigenvalue weighted by Gasteiger charge is -2.21. The van der Waals surface area contributed by atoms with E-state index in [4.69, 9.17) is 10.4 Å². The molecule has 0 aliphatic carbocycles. The monoisotopic (exact) mass is 232 g/mol. The lowest BCUT2D eigenvalue weighted by atomic mass is 9.95. The molecule has 0 fully saturated rings. The van der Waals surface area contributed by atoms with Crippen LogP contribution in [0.25, 0.3) is 0 Å². The number of carbonyl (C=O) groups is 1. The van der Waals surface area contributed by atoms with Gasteiger partial charge in [0.05, 0.1) is 11.6 Å². The minimum atomic E-state index is -0.331. The van der Waals surface area contributed by atoms with Crippen LogP contribution in [-0.2, 0) is 0 Å². The summed E-state index contributed by atoms with van der Waals surface area (Å²) in [6, 6.07) is 8.42. The average Bonchev–Trinajstić information content (AvgIpc) is 2.36. The Balaban J connectivity index is 2.62. The zero-order chi connectivity index (χ0) is 12.9. The van der Waals surface area contributed by atoms with E-state index in [0.717, 1.165) is 0 Å². The fourth-order valence-electron chi connectivity index (χ4n) is 1.17. The molecule has 0 radical (unpaired) electrons. The number of aliphatic hydroxyl groups is 1. The number of aliphatic hydroxyl groups excluding tert-OH is 1. The van der Waals surface area contributed by atoms with Crippen LogP contribution in [0.15, 0.2) is 24.3 Å². The number of nitrogens with zero attached hydrogens (tertiary/aromatic N) is 1. The van der Waals surface area contributed by atoms with Crippen molar-refractivity contribution in [3.8, 4) is 6.07 Å². The van der Waals surface area contributed by atoms with Crippen molar-refractivity contribution in [2.75, 3.05) is 13.2 Å². The van der Waals surface area contributed by atoms with E-state index in [1.807, 2.05) is 19.9 Å². The standard InChI is InChI=1S/C13H16N2O2/c1-13(2,9-16)8-15-12(17)11-5-3-10(7-14)4-6-11/h3-6,16H,8-9H2,1-2H3,(H,15,17). The van der Waals surface area contributed by atoms with Crippen LogP contribution in [0.5, 0.6) is 0 Å². The number of hydrogen-bond acceptors (Lipinski definition) is 3. The third-order valence-electron chi connectivity index (χ3n) is 2.43. The Labute approximate surface area is 101 Å². The molecule has 4 nitrogen and oxygen atoms in total. The van der Waals surface area contributed by atoms with Crippen molar-refractivity contribution in [3.05, 3.63) is 35.4 Å². The van der Waals surface area contributed by atoms with E-state index in [-0.39, 0.29) is 17.9 Å². The molecule has 0 spiro atoms. The third kappa shape index (κ3) is 3.89. The van der Waals surface area contributed by atoms with Crippen LogP contribution in [0.3, 0.4) is 0 Å². The van der Waals surface area contributed by atoms with Gasteiger partial charge in [-0.25, -0.2) is 0 Å². The second kappa shape index (κ2) is 5.46. The Kier molecular flexibility index (Phi) is 4.24. The van der Waals surface area contributed by atoms with Crippen LogP contribution in [0.2, 0.25) is 0 Å². The summed E-state index contributed by atoms with van der Waals surface area (Å²) in [6.45, 7) is 4.15. The van der Waals surface area contributed by atoms with E-state index in [2.05, 4.69) is 5.32 Å². The highest BCUT2D eigenvalue weighted by atomic mass is 16.3. The summed E-state index contributed by atoms with van der Waals surface area (Å²) in [5.41, 5.74) is 0.706. The van der Waals surface area contributed by atoms with Crippen molar-refractivity contribution in [1.29, 1.82) is 5.26 Å². The quantitative estimate of drug-likeness (QED) is 0.822. The highest BCUT2D eigenvalue weighted by Crippen LogP contribution is 2.12. The summed E-state index contributed by atoms with van der Waals surface area (Å²) < 4.78 is 0. The van der Waals surface area contributed by atoms with Gasteiger partial charge in [0.15, 0.2) is 0 Å². The van der Waals surface area contributed by atoms with E-state index < -0.39 is 0 Å². The first-order valence-electron chi connectivity index (χ1n) is 5.38. The van der Waals surface area contributed by atoms with Crippen LogP contribution < -0.4 is 5.32 Å². The van der Waals surface area contributed by atoms with Gasteiger partial charge in [-0.2, -0.15) is 5.26 Å². The molecule has 0 aromatic heterocycles. The first kappa shape index (κ1) is 13.2. The second-order valence-corrected chi connectivity index (χ2v) is 4.69. The minimum Gasteiger partial charge on any atom is -0.396 e. The van der Waals surface area contributed by atoms with Crippen molar-refractivity contribution >= 4 is 5.91 Å². The van der Waals surface area contributed by atoms with Crippen molar-refractivity contribution < 1.29 is 9.90 Å². The van der Waals surface area contributed by atoms with Gasteiger partial charge in [0.25, 0.3) is 5.91 Å². The molecule has 0 saturated heterocycles. The number of nitrogens with one attached hydrogen (secondary N) is 1. The average molecular weight is 232 g/mol. The molecule has 1 rings (SSSR count). The summed E-state index contributed by atoms with van der Waals surface area (Å²) >= 11 is 0. The molecule has 0 atom stereocenters. The molecule has 0 unspecified atom stereocenters. The number of amides is 1. The normalized spacial score (nSPS) is 10.7. The molecule has 0 saturated carbocycles. The van der Waals surface area contributed by atoms with E-state index in [1.165, 1.54) is 0 Å². The topological polar surface area (TPSA) is 73.1 Å². The maximum absolute atomic E-state index is 11.7. The summed E-state index contributed by atoms with van der Waals surface area (Å²) in [5.74, 6) is -0.198. The van der Waals surface area contributed by atoms with Crippen molar-refractivity contribution in [2.24, 2.45) is 5.41 Å². The number of benzene rings is 1. The molecule has 1 aromatic rings. The molecule has 17 heavy (non-hydrogen) atoms. The number of carbonyl (C=O) groups excluding carboxylic acids is 1. The van der Waals surface area contributed by atoms with Crippen molar-refractivity contribution in [1.82, 2.24) is 5.32 Å². The maximum atomic E-state index is 11.7. The first-order chi connectivity index (χ1) is 7.98. The summed E-state index contributed by atoms with van der Waals surface area (Å²) in [7, 11) is 0. The summed E-state index contributed by atoms with van der Waals surface area (Å²) in [5, 5.41) is 20.4. The zero-order valence-corrected chi connectivity index (χ0v) is 10.0. The van der Waals surface area contributed by atoms with Gasteiger partial charge in [-0.15, -0.1) is 0 Å². The Hall–Kier alpha value is -1.86. The Bertz CT molecular complexity index is 430. The molecule has 0 aliphatic heterocycles. The number of hydrogen-bond donors (Lipinski definition) is 2. The molecule has 1 amide bonds. The van der Waals surface area contributed by atoms with E-state index >= 15 is 0 Å². The number of rotatable bonds is 4. The highest BCUT2D eigenvalue weighted by Gasteiger charge is 2.17. The lowest BCUT2D eigenvalue weighted by molar-refractivity contribution is 0.0911. The van der Waals surface area contributed by atoms with Crippen LogP contribution in [0.4, 0.5) is 0 Å². The molecule has 0 heterocycles. The van der Waals surface area contributed by atoms with Gasteiger partial charge in [0, 0.05) is 24.1 Å². The van der Waals surface area contributed by atoms with E-state index in [1.54, 1.807) is 24.3 Å². The largest absolute Gasteiger partial charge is 0.396 e. The SMILES string of the molecule is CC(C)(CO)CNC(=O)c1ccc(C#N)cc1. The lowest BCUT2D eigenvalue weighted by Crippen LogP contribution is -2.36. The first-order valence-corrected chi connectivity index (χ1v) is 5.38. The summed E-state index contributed by atoms with van der Waals surface area (Å²) in [4.78, 5) is 11.7. The fourth-order valence-corrected chi connectivity index (χ4v) is 1.17. The van der Waals surface area contributed by atoms with Crippen LogP contribution >= 0.6 is 0 Å². The smallest absolute Gasteiger partial charge is 0.251 e. The molecule has 0 bridgehead atoms. The van der Waals surface area contributed by atoms with Crippen LogP contribution in [0.1, 0.15) is 29.8 Å². The molecule has 1 aromatic carbocycles. The predicted octanol–water partition coefficient (Wildman–Crippen LogP) is 1.31. The minimum absolute atomic E-state index is 0.0145. The van der Waals surface area contributed by atoms with E-state index in [9.17, 15) is 4.79 Å². The molecular formula is C13H16N2O2. The van der Waals surface area contributed by atoms with Gasteiger partial charge in [-0.3, -0.25) is 4.79 Å². The van der Waals surface area contributed by atoms with Gasteiger partial charge < -0.3 is 10.4 Å².